The van der Waals surface area contributed by atoms with E-state index in [0.717, 1.165) is 0 Å². The van der Waals surface area contributed by atoms with Crippen molar-refractivity contribution >= 4 is 28.7 Å². The van der Waals surface area contributed by atoms with Gasteiger partial charge >= 0.3 is 6.09 Å². The van der Waals surface area contributed by atoms with Crippen molar-refractivity contribution in [3.05, 3.63) is 23.0 Å². The molecule has 1 atom stereocenters. The number of carbonyl (C=O) groups excluding carboxylic acids is 1. The Labute approximate surface area is 138 Å². The van der Waals surface area contributed by atoms with Crippen LogP contribution in [0.1, 0.15) is 33.2 Å². The largest absolute Gasteiger partial charge is 0.444 e. The molecule has 1 aliphatic heterocycles. The Kier molecular flexibility index (Phi) is 3.91. The highest BCUT2D eigenvalue weighted by molar-refractivity contribution is 6.31. The lowest BCUT2D eigenvalue weighted by atomic mass is 10.2. The van der Waals surface area contributed by atoms with E-state index in [9.17, 15) is 9.18 Å². The number of carbonyl (C=O) groups is 1. The van der Waals surface area contributed by atoms with E-state index in [4.69, 9.17) is 16.3 Å². The van der Waals surface area contributed by atoms with Crippen molar-refractivity contribution in [3.8, 4) is 0 Å². The number of nitrogens with zero attached hydrogens (tertiary/aromatic N) is 4. The summed E-state index contributed by atoms with van der Waals surface area (Å²) in [6.07, 6.45) is 0.362. The molecule has 6 nitrogen and oxygen atoms in total. The summed E-state index contributed by atoms with van der Waals surface area (Å²) in [7, 11) is 0. The monoisotopic (exact) mass is 340 g/mol. The van der Waals surface area contributed by atoms with Gasteiger partial charge in [0.1, 0.15) is 16.9 Å². The van der Waals surface area contributed by atoms with Gasteiger partial charge in [-0.15, -0.1) is 5.10 Å². The van der Waals surface area contributed by atoms with Crippen molar-refractivity contribution in [2.24, 2.45) is 0 Å². The third-order valence-electron chi connectivity index (χ3n) is 3.67. The van der Waals surface area contributed by atoms with E-state index in [-0.39, 0.29) is 17.2 Å². The Bertz CT molecular complexity index is 756. The SMILES string of the molecule is CC(C)(C)OC(=O)N1CCC(n2nnc3cc(Cl)c(F)cc32)C1. The molecular weight excluding hydrogens is 323 g/mol. The second-order valence-electron chi connectivity index (χ2n) is 6.66. The van der Waals surface area contributed by atoms with Crippen LogP contribution in [-0.4, -0.2) is 44.7 Å². The molecule has 0 radical (unpaired) electrons. The van der Waals surface area contributed by atoms with Crippen molar-refractivity contribution in [3.63, 3.8) is 0 Å². The number of ether oxygens (including phenoxy) is 1. The molecule has 0 spiro atoms. The molecule has 0 bridgehead atoms. The van der Waals surface area contributed by atoms with Crippen LogP contribution in [0.4, 0.5) is 9.18 Å². The van der Waals surface area contributed by atoms with Crippen molar-refractivity contribution in [1.29, 1.82) is 0 Å². The van der Waals surface area contributed by atoms with Gasteiger partial charge in [-0.25, -0.2) is 13.9 Å². The normalized spacial score (nSPS) is 18.7. The number of aromatic nitrogens is 3. The van der Waals surface area contributed by atoms with Gasteiger partial charge < -0.3 is 9.64 Å². The van der Waals surface area contributed by atoms with E-state index >= 15 is 0 Å². The van der Waals surface area contributed by atoms with Gasteiger partial charge in [-0.1, -0.05) is 16.8 Å². The van der Waals surface area contributed by atoms with Crippen LogP contribution < -0.4 is 0 Å². The van der Waals surface area contributed by atoms with E-state index in [1.54, 1.807) is 9.58 Å². The molecule has 1 saturated heterocycles. The van der Waals surface area contributed by atoms with Crippen molar-refractivity contribution in [2.75, 3.05) is 13.1 Å². The molecule has 124 valence electrons. The van der Waals surface area contributed by atoms with E-state index in [1.165, 1.54) is 12.1 Å². The number of halogens is 2. The highest BCUT2D eigenvalue weighted by atomic mass is 35.5. The number of hydrogen-bond donors (Lipinski definition) is 0. The summed E-state index contributed by atoms with van der Waals surface area (Å²) in [6.45, 7) is 6.51. The zero-order valence-corrected chi connectivity index (χ0v) is 14.0. The molecule has 1 fully saturated rings. The molecule has 1 aromatic heterocycles. The number of benzene rings is 1. The van der Waals surface area contributed by atoms with Crippen LogP contribution in [0.2, 0.25) is 5.02 Å². The second kappa shape index (κ2) is 5.63. The van der Waals surface area contributed by atoms with Crippen LogP contribution in [0.25, 0.3) is 11.0 Å². The lowest BCUT2D eigenvalue weighted by Gasteiger charge is -2.24. The third kappa shape index (κ3) is 3.24. The van der Waals surface area contributed by atoms with Crippen LogP contribution in [-0.2, 0) is 4.74 Å². The quantitative estimate of drug-likeness (QED) is 0.798. The van der Waals surface area contributed by atoms with E-state index in [0.29, 0.717) is 30.5 Å². The predicted molar refractivity (Wildman–Crippen MR) is 84.0 cm³/mol. The number of amides is 1. The van der Waals surface area contributed by atoms with Crippen LogP contribution in [0.3, 0.4) is 0 Å². The maximum atomic E-state index is 13.7. The molecule has 2 aromatic rings. The van der Waals surface area contributed by atoms with Gasteiger partial charge in [0.2, 0.25) is 0 Å². The molecule has 8 heteroatoms. The van der Waals surface area contributed by atoms with Gasteiger partial charge in [-0.05, 0) is 33.3 Å². The highest BCUT2D eigenvalue weighted by Gasteiger charge is 2.32. The van der Waals surface area contributed by atoms with Gasteiger partial charge in [-0.3, -0.25) is 0 Å². The highest BCUT2D eigenvalue weighted by Crippen LogP contribution is 2.28. The molecule has 0 aliphatic carbocycles. The van der Waals surface area contributed by atoms with Crippen molar-refractivity contribution in [1.82, 2.24) is 19.9 Å². The van der Waals surface area contributed by atoms with Gasteiger partial charge in [0.05, 0.1) is 16.6 Å². The molecule has 1 aliphatic rings. The minimum Gasteiger partial charge on any atom is -0.444 e. The molecule has 1 aromatic carbocycles. The first-order valence-electron chi connectivity index (χ1n) is 7.42. The molecule has 1 amide bonds. The van der Waals surface area contributed by atoms with E-state index in [1.807, 2.05) is 20.8 Å². The fourth-order valence-electron chi connectivity index (χ4n) is 2.64. The van der Waals surface area contributed by atoms with Crippen LogP contribution in [0.15, 0.2) is 12.1 Å². The topological polar surface area (TPSA) is 60.2 Å². The van der Waals surface area contributed by atoms with Crippen LogP contribution in [0, 0.1) is 5.82 Å². The number of likely N-dealkylation sites (tertiary alicyclic amines) is 1. The standard InChI is InChI=1S/C15H18ClFN4O2/c1-15(2,3)23-14(22)20-5-4-9(8-20)21-13-7-11(17)10(16)6-12(13)18-19-21/h6-7,9H,4-5,8H2,1-3H3. The zero-order valence-electron chi connectivity index (χ0n) is 13.2. The smallest absolute Gasteiger partial charge is 0.410 e. The minimum absolute atomic E-state index is 0.0198. The molecule has 0 N–H and O–H groups in total. The average molecular weight is 341 g/mol. The van der Waals surface area contributed by atoms with Gasteiger partial charge in [0.25, 0.3) is 0 Å². The Balaban J connectivity index is 1.79. The summed E-state index contributed by atoms with van der Waals surface area (Å²) < 4.78 is 20.7. The van der Waals surface area contributed by atoms with Crippen molar-refractivity contribution in [2.45, 2.75) is 38.8 Å². The fraction of sp³-hybridized carbons (Fsp3) is 0.533. The van der Waals surface area contributed by atoms with Gasteiger partial charge in [0, 0.05) is 19.2 Å². The van der Waals surface area contributed by atoms with Crippen LogP contribution in [0.5, 0.6) is 0 Å². The summed E-state index contributed by atoms with van der Waals surface area (Å²) >= 11 is 5.76. The zero-order chi connectivity index (χ0) is 16.8. The minimum atomic E-state index is -0.533. The van der Waals surface area contributed by atoms with Gasteiger partial charge in [-0.2, -0.15) is 0 Å². The molecule has 0 saturated carbocycles. The number of fused-ring (bicyclic) bond motifs is 1. The summed E-state index contributed by atoms with van der Waals surface area (Å²) in [5.74, 6) is -0.510. The Morgan fingerprint density at radius 3 is 2.87 bits per heavy atom. The summed E-state index contributed by atoms with van der Waals surface area (Å²) in [6, 6.07) is 2.72. The lowest BCUT2D eigenvalue weighted by Crippen LogP contribution is -2.35. The van der Waals surface area contributed by atoms with Gasteiger partial charge in [0.15, 0.2) is 0 Å². The summed E-state index contributed by atoms with van der Waals surface area (Å²) in [4.78, 5) is 13.8. The predicted octanol–water partition coefficient (Wildman–Crippen LogP) is 3.41. The molecule has 1 unspecified atom stereocenters. The van der Waals surface area contributed by atoms with E-state index in [2.05, 4.69) is 10.3 Å². The maximum absolute atomic E-state index is 13.7. The first kappa shape index (κ1) is 16.0. The fourth-order valence-corrected chi connectivity index (χ4v) is 2.80. The molecular formula is C15H18ClFN4O2. The number of hydrogen-bond acceptors (Lipinski definition) is 4. The Morgan fingerprint density at radius 1 is 1.43 bits per heavy atom. The molecule has 2 heterocycles. The lowest BCUT2D eigenvalue weighted by molar-refractivity contribution is 0.0288. The maximum Gasteiger partial charge on any atom is 0.410 e. The summed E-state index contributed by atoms with van der Waals surface area (Å²) in [5, 5.41) is 8.13. The number of rotatable bonds is 1. The second-order valence-corrected chi connectivity index (χ2v) is 7.07. The average Bonchev–Trinajstić information content (AvgIpc) is 3.04. The van der Waals surface area contributed by atoms with Crippen LogP contribution >= 0.6 is 11.6 Å². The first-order valence-corrected chi connectivity index (χ1v) is 7.80. The summed E-state index contributed by atoms with van der Waals surface area (Å²) in [5.41, 5.74) is 0.574. The Morgan fingerprint density at radius 2 is 2.17 bits per heavy atom. The molecule has 23 heavy (non-hydrogen) atoms. The van der Waals surface area contributed by atoms with E-state index < -0.39 is 11.4 Å². The molecule has 3 rings (SSSR count). The first-order chi connectivity index (χ1) is 10.7. The third-order valence-corrected chi connectivity index (χ3v) is 3.96. The Hall–Kier alpha value is -1.89. The van der Waals surface area contributed by atoms with Crippen molar-refractivity contribution < 1.29 is 13.9 Å².